The summed E-state index contributed by atoms with van der Waals surface area (Å²) in [7, 11) is 2.02. The first kappa shape index (κ1) is 10.4. The summed E-state index contributed by atoms with van der Waals surface area (Å²) in [6.07, 6.45) is 2.02. The van der Waals surface area contributed by atoms with Gasteiger partial charge in [-0.15, -0.1) is 0 Å². The molecule has 0 atom stereocenters. The summed E-state index contributed by atoms with van der Waals surface area (Å²) >= 11 is 0. The molecule has 0 unspecified atom stereocenters. The van der Waals surface area contributed by atoms with E-state index < -0.39 is 0 Å². The van der Waals surface area contributed by atoms with Gasteiger partial charge in [0.05, 0.1) is 11.6 Å². The first-order valence-electron chi connectivity index (χ1n) is 5.18. The number of nitrogens with zero attached hydrogens (tertiary/aromatic N) is 2. The van der Waals surface area contributed by atoms with Gasteiger partial charge in [-0.1, -0.05) is 0 Å². The molecule has 0 aliphatic rings. The topological polar surface area (TPSA) is 27.7 Å². The number of hydrogen-bond donors (Lipinski definition) is 0. The van der Waals surface area contributed by atoms with Gasteiger partial charge in [0, 0.05) is 17.7 Å². The first-order chi connectivity index (χ1) is 7.72. The van der Waals surface area contributed by atoms with E-state index in [-0.39, 0.29) is 0 Å². The molecule has 2 heteroatoms. The quantitative estimate of drug-likeness (QED) is 0.662. The molecule has 2 aromatic rings. The Kier molecular flexibility index (Phi) is 2.70. The van der Waals surface area contributed by atoms with Gasteiger partial charge in [-0.3, -0.25) is 0 Å². The van der Waals surface area contributed by atoms with Crippen LogP contribution in [0.2, 0.25) is 0 Å². The summed E-state index contributed by atoms with van der Waals surface area (Å²) in [4.78, 5) is 0. The van der Waals surface area contributed by atoms with E-state index in [2.05, 4.69) is 16.7 Å². The third-order valence-electron chi connectivity index (χ3n) is 2.69. The van der Waals surface area contributed by atoms with Gasteiger partial charge in [-0.25, -0.2) is 4.57 Å². The van der Waals surface area contributed by atoms with E-state index in [1.165, 1.54) is 5.56 Å². The number of nitriles is 1. The van der Waals surface area contributed by atoms with Crippen molar-refractivity contribution in [3.05, 3.63) is 53.7 Å². The maximum absolute atomic E-state index is 8.82. The van der Waals surface area contributed by atoms with Gasteiger partial charge >= 0.3 is 0 Å². The Balaban J connectivity index is 2.58. The summed E-state index contributed by atoms with van der Waals surface area (Å²) in [5, 5.41) is 8.82. The highest BCUT2D eigenvalue weighted by atomic mass is 14.9. The molecule has 2 nitrogen and oxygen atoms in total. The number of aryl methyl sites for hydroxylation is 2. The van der Waals surface area contributed by atoms with E-state index in [0.29, 0.717) is 5.56 Å². The van der Waals surface area contributed by atoms with Gasteiger partial charge in [-0.2, -0.15) is 5.26 Å². The van der Waals surface area contributed by atoms with Crippen molar-refractivity contribution in [3.63, 3.8) is 0 Å². The Bertz CT molecular complexity index is 565. The lowest BCUT2D eigenvalue weighted by molar-refractivity contribution is -0.660. The van der Waals surface area contributed by atoms with Crippen LogP contribution in [-0.4, -0.2) is 0 Å². The maximum atomic E-state index is 8.82. The predicted octanol–water partition coefficient (Wildman–Crippen LogP) is 2.36. The molecule has 0 spiro atoms. The molecule has 0 saturated heterocycles. The lowest BCUT2D eigenvalue weighted by Gasteiger charge is -2.03. The van der Waals surface area contributed by atoms with Crippen molar-refractivity contribution in [2.45, 2.75) is 6.92 Å². The van der Waals surface area contributed by atoms with E-state index in [4.69, 9.17) is 5.26 Å². The molecule has 0 aliphatic carbocycles. The highest BCUT2D eigenvalue weighted by molar-refractivity contribution is 5.62. The molecule has 2 rings (SSSR count). The van der Waals surface area contributed by atoms with Gasteiger partial charge < -0.3 is 0 Å². The van der Waals surface area contributed by atoms with E-state index >= 15 is 0 Å². The van der Waals surface area contributed by atoms with Crippen molar-refractivity contribution in [2.75, 3.05) is 0 Å². The molecular formula is C14H13N2+. The fraction of sp³-hybridized carbons (Fsp3) is 0.143. The summed E-state index contributed by atoms with van der Waals surface area (Å²) in [5.74, 6) is 0. The van der Waals surface area contributed by atoms with Crippen LogP contribution in [0.25, 0.3) is 11.3 Å². The standard InChI is InChI=1S/C14H13N2/c1-11-9-12(10-15)6-7-13(11)14-5-3-4-8-16(14)2/h3-9H,1-2H3/q+1. The van der Waals surface area contributed by atoms with Crippen molar-refractivity contribution in [2.24, 2.45) is 7.05 Å². The highest BCUT2D eigenvalue weighted by Gasteiger charge is 2.10. The van der Waals surface area contributed by atoms with E-state index in [0.717, 1.165) is 11.3 Å². The summed E-state index contributed by atoms with van der Waals surface area (Å²) < 4.78 is 2.08. The number of benzene rings is 1. The minimum atomic E-state index is 0.708. The average Bonchev–Trinajstić information content (AvgIpc) is 2.30. The monoisotopic (exact) mass is 209 g/mol. The lowest BCUT2D eigenvalue weighted by atomic mass is 10.0. The van der Waals surface area contributed by atoms with E-state index in [1.54, 1.807) is 0 Å². The minimum Gasteiger partial charge on any atom is -0.201 e. The molecule has 0 fully saturated rings. The second kappa shape index (κ2) is 4.16. The zero-order valence-electron chi connectivity index (χ0n) is 9.44. The number of pyridine rings is 1. The van der Waals surface area contributed by atoms with Crippen molar-refractivity contribution in [1.82, 2.24) is 0 Å². The molecule has 0 amide bonds. The van der Waals surface area contributed by atoms with Gasteiger partial charge in [0.25, 0.3) is 0 Å². The molecular weight excluding hydrogens is 196 g/mol. The lowest BCUT2D eigenvalue weighted by Crippen LogP contribution is -2.30. The number of rotatable bonds is 1. The second-order valence-electron chi connectivity index (χ2n) is 3.84. The van der Waals surface area contributed by atoms with E-state index in [1.807, 2.05) is 50.5 Å². The van der Waals surface area contributed by atoms with Crippen LogP contribution in [0.4, 0.5) is 0 Å². The van der Waals surface area contributed by atoms with Crippen molar-refractivity contribution >= 4 is 0 Å². The zero-order valence-corrected chi connectivity index (χ0v) is 9.44. The Labute approximate surface area is 95.4 Å². The van der Waals surface area contributed by atoms with Crippen LogP contribution < -0.4 is 4.57 Å². The molecule has 1 aromatic carbocycles. The van der Waals surface area contributed by atoms with Crippen molar-refractivity contribution in [1.29, 1.82) is 5.26 Å². The molecule has 78 valence electrons. The second-order valence-corrected chi connectivity index (χ2v) is 3.84. The molecule has 0 radical (unpaired) electrons. The molecule has 0 aliphatic heterocycles. The average molecular weight is 209 g/mol. The summed E-state index contributed by atoms with van der Waals surface area (Å²) in [6, 6.07) is 14.0. The fourth-order valence-electron chi connectivity index (χ4n) is 1.82. The molecule has 0 bridgehead atoms. The Hall–Kier alpha value is -2.14. The Morgan fingerprint density at radius 3 is 2.62 bits per heavy atom. The highest BCUT2D eigenvalue weighted by Crippen LogP contribution is 2.20. The van der Waals surface area contributed by atoms with Gasteiger partial charge in [-0.05, 0) is 36.8 Å². The number of aromatic nitrogens is 1. The largest absolute Gasteiger partial charge is 0.212 e. The van der Waals surface area contributed by atoms with Crippen LogP contribution in [0.3, 0.4) is 0 Å². The third-order valence-corrected chi connectivity index (χ3v) is 2.69. The summed E-state index contributed by atoms with van der Waals surface area (Å²) in [6.45, 7) is 2.03. The SMILES string of the molecule is Cc1cc(C#N)ccc1-c1cccc[n+]1C. The van der Waals surface area contributed by atoms with Gasteiger partial charge in [0.2, 0.25) is 5.69 Å². The van der Waals surface area contributed by atoms with Crippen LogP contribution in [-0.2, 0) is 7.05 Å². The predicted molar refractivity (Wildman–Crippen MR) is 62.5 cm³/mol. The first-order valence-corrected chi connectivity index (χ1v) is 5.18. The molecule has 0 N–H and O–H groups in total. The third kappa shape index (κ3) is 1.80. The minimum absolute atomic E-state index is 0.708. The smallest absolute Gasteiger partial charge is 0.201 e. The molecule has 16 heavy (non-hydrogen) atoms. The van der Waals surface area contributed by atoms with Gasteiger partial charge in [0.1, 0.15) is 7.05 Å². The Morgan fingerprint density at radius 1 is 1.19 bits per heavy atom. The maximum Gasteiger partial charge on any atom is 0.212 e. The summed E-state index contributed by atoms with van der Waals surface area (Å²) in [5.41, 5.74) is 4.16. The van der Waals surface area contributed by atoms with Crippen molar-refractivity contribution < 1.29 is 4.57 Å². The van der Waals surface area contributed by atoms with Crippen LogP contribution in [0.5, 0.6) is 0 Å². The van der Waals surface area contributed by atoms with Crippen molar-refractivity contribution in [3.8, 4) is 17.3 Å². The molecule has 1 aromatic heterocycles. The zero-order chi connectivity index (χ0) is 11.5. The molecule has 1 heterocycles. The normalized spacial score (nSPS) is 9.81. The van der Waals surface area contributed by atoms with Gasteiger partial charge in [0.15, 0.2) is 6.20 Å². The molecule has 0 saturated carbocycles. The van der Waals surface area contributed by atoms with Crippen LogP contribution in [0.15, 0.2) is 42.6 Å². The van der Waals surface area contributed by atoms with Crippen LogP contribution >= 0.6 is 0 Å². The van der Waals surface area contributed by atoms with Crippen LogP contribution in [0, 0.1) is 18.3 Å². The number of hydrogen-bond acceptors (Lipinski definition) is 1. The fourth-order valence-corrected chi connectivity index (χ4v) is 1.82. The van der Waals surface area contributed by atoms with Crippen LogP contribution in [0.1, 0.15) is 11.1 Å². The Morgan fingerprint density at radius 2 is 2.00 bits per heavy atom. The van der Waals surface area contributed by atoms with E-state index in [9.17, 15) is 0 Å².